The van der Waals surface area contributed by atoms with E-state index >= 15 is 0 Å². The van der Waals surface area contributed by atoms with Crippen molar-refractivity contribution in [1.29, 1.82) is 5.41 Å². The van der Waals surface area contributed by atoms with Crippen molar-refractivity contribution in [2.75, 3.05) is 7.11 Å². The number of para-hydroxylation sites is 1. The Morgan fingerprint density at radius 3 is 2.37 bits per heavy atom. The lowest BCUT2D eigenvalue weighted by Crippen LogP contribution is -2.10. The SMILES string of the molecule is COC(=O)c1cc(COc2ccccc2)cc(-c2cccc(C(=N)N)c2)c1. The third kappa shape index (κ3) is 4.52. The molecule has 0 aliphatic heterocycles. The normalized spacial score (nSPS) is 10.3. The Hall–Kier alpha value is -3.60. The molecule has 3 N–H and O–H groups in total. The topological polar surface area (TPSA) is 85.4 Å². The van der Waals surface area contributed by atoms with Crippen molar-refractivity contribution in [2.24, 2.45) is 5.73 Å². The fraction of sp³-hybridized carbons (Fsp3) is 0.0909. The van der Waals surface area contributed by atoms with Gasteiger partial charge in [-0.2, -0.15) is 0 Å². The zero-order valence-corrected chi connectivity index (χ0v) is 14.9. The predicted octanol–water partition coefficient (Wildman–Crippen LogP) is 4.00. The average Bonchev–Trinajstić information content (AvgIpc) is 2.72. The lowest BCUT2D eigenvalue weighted by atomic mass is 9.98. The predicted molar refractivity (Wildman–Crippen MR) is 105 cm³/mol. The molecule has 3 aromatic rings. The van der Waals surface area contributed by atoms with E-state index in [9.17, 15) is 4.79 Å². The van der Waals surface area contributed by atoms with E-state index in [0.29, 0.717) is 17.7 Å². The maximum absolute atomic E-state index is 12.1. The van der Waals surface area contributed by atoms with Crippen LogP contribution in [-0.2, 0) is 11.3 Å². The van der Waals surface area contributed by atoms with Crippen LogP contribution in [0.3, 0.4) is 0 Å². The molecular formula is C22H20N2O3. The Bertz CT molecular complexity index is 968. The maximum Gasteiger partial charge on any atom is 0.337 e. The Kier molecular flexibility index (Phi) is 5.52. The van der Waals surface area contributed by atoms with E-state index in [1.165, 1.54) is 7.11 Å². The largest absolute Gasteiger partial charge is 0.489 e. The first-order valence-electron chi connectivity index (χ1n) is 8.42. The van der Waals surface area contributed by atoms with Crippen LogP contribution in [0.5, 0.6) is 5.75 Å². The molecule has 27 heavy (non-hydrogen) atoms. The summed E-state index contributed by atoms with van der Waals surface area (Å²) in [6.45, 7) is 0.314. The number of amidine groups is 1. The lowest BCUT2D eigenvalue weighted by Gasteiger charge is -2.11. The molecule has 0 unspecified atom stereocenters. The second-order valence-corrected chi connectivity index (χ2v) is 6.01. The number of esters is 1. The number of rotatable bonds is 6. The van der Waals surface area contributed by atoms with Gasteiger partial charge < -0.3 is 15.2 Å². The van der Waals surface area contributed by atoms with Crippen molar-refractivity contribution in [3.05, 3.63) is 89.5 Å². The maximum atomic E-state index is 12.1. The van der Waals surface area contributed by atoms with Crippen LogP contribution in [0, 0.1) is 5.41 Å². The number of carbonyl (C=O) groups is 1. The van der Waals surface area contributed by atoms with Gasteiger partial charge in [0.05, 0.1) is 12.7 Å². The molecule has 5 heteroatoms. The van der Waals surface area contributed by atoms with Crippen molar-refractivity contribution in [2.45, 2.75) is 6.61 Å². The molecule has 0 atom stereocenters. The van der Waals surface area contributed by atoms with Crippen molar-refractivity contribution in [3.8, 4) is 16.9 Å². The van der Waals surface area contributed by atoms with E-state index in [0.717, 1.165) is 22.4 Å². The van der Waals surface area contributed by atoms with Crippen molar-refractivity contribution in [1.82, 2.24) is 0 Å². The summed E-state index contributed by atoms with van der Waals surface area (Å²) in [6, 6.07) is 22.3. The quantitative estimate of drug-likeness (QED) is 0.395. The highest BCUT2D eigenvalue weighted by atomic mass is 16.5. The first-order valence-corrected chi connectivity index (χ1v) is 8.42. The number of methoxy groups -OCH3 is 1. The number of nitrogen functional groups attached to an aromatic ring is 1. The number of hydrogen-bond acceptors (Lipinski definition) is 4. The molecule has 0 aromatic heterocycles. The molecule has 0 aliphatic rings. The van der Waals surface area contributed by atoms with Crippen LogP contribution >= 0.6 is 0 Å². The van der Waals surface area contributed by atoms with Crippen LogP contribution in [0.2, 0.25) is 0 Å². The lowest BCUT2D eigenvalue weighted by molar-refractivity contribution is 0.0600. The van der Waals surface area contributed by atoms with Crippen LogP contribution in [0.15, 0.2) is 72.8 Å². The van der Waals surface area contributed by atoms with Gasteiger partial charge in [0.15, 0.2) is 0 Å². The second-order valence-electron chi connectivity index (χ2n) is 6.01. The van der Waals surface area contributed by atoms with Gasteiger partial charge in [-0.3, -0.25) is 5.41 Å². The summed E-state index contributed by atoms with van der Waals surface area (Å²) < 4.78 is 10.7. The fourth-order valence-electron chi connectivity index (χ4n) is 2.73. The Balaban J connectivity index is 1.96. The van der Waals surface area contributed by atoms with Gasteiger partial charge >= 0.3 is 5.97 Å². The van der Waals surface area contributed by atoms with E-state index in [-0.39, 0.29) is 5.84 Å². The van der Waals surface area contributed by atoms with Crippen LogP contribution in [0.25, 0.3) is 11.1 Å². The molecule has 0 saturated heterocycles. The molecule has 0 spiro atoms. The molecule has 0 amide bonds. The minimum Gasteiger partial charge on any atom is -0.489 e. The zero-order valence-electron chi connectivity index (χ0n) is 14.9. The van der Waals surface area contributed by atoms with Gasteiger partial charge in [0.1, 0.15) is 18.2 Å². The van der Waals surface area contributed by atoms with Gasteiger partial charge in [0.25, 0.3) is 0 Å². The van der Waals surface area contributed by atoms with E-state index in [1.807, 2.05) is 54.6 Å². The van der Waals surface area contributed by atoms with Crippen molar-refractivity contribution < 1.29 is 14.3 Å². The zero-order chi connectivity index (χ0) is 19.2. The number of nitrogens with one attached hydrogen (secondary N) is 1. The monoisotopic (exact) mass is 360 g/mol. The summed E-state index contributed by atoms with van der Waals surface area (Å²) in [6.07, 6.45) is 0. The van der Waals surface area contributed by atoms with Gasteiger partial charge in [0.2, 0.25) is 0 Å². The summed E-state index contributed by atoms with van der Waals surface area (Å²) in [5.74, 6) is 0.329. The third-order valence-electron chi connectivity index (χ3n) is 4.07. The first kappa shape index (κ1) is 18.2. The van der Waals surface area contributed by atoms with E-state index in [1.54, 1.807) is 18.2 Å². The van der Waals surface area contributed by atoms with Crippen LogP contribution in [-0.4, -0.2) is 18.9 Å². The molecule has 0 bridgehead atoms. The minimum absolute atomic E-state index is 0.00592. The van der Waals surface area contributed by atoms with Crippen molar-refractivity contribution in [3.63, 3.8) is 0 Å². The molecule has 0 saturated carbocycles. The molecule has 3 rings (SSSR count). The first-order chi connectivity index (χ1) is 13.1. The number of ether oxygens (including phenoxy) is 2. The van der Waals surface area contributed by atoms with Crippen LogP contribution < -0.4 is 10.5 Å². The molecular weight excluding hydrogens is 340 g/mol. The molecule has 136 valence electrons. The highest BCUT2D eigenvalue weighted by Gasteiger charge is 2.11. The Labute approximate surface area is 157 Å². The van der Waals surface area contributed by atoms with Gasteiger partial charge in [-0.25, -0.2) is 4.79 Å². The number of nitrogens with two attached hydrogens (primary N) is 1. The molecule has 0 radical (unpaired) electrons. The summed E-state index contributed by atoms with van der Waals surface area (Å²) in [7, 11) is 1.35. The molecule has 5 nitrogen and oxygen atoms in total. The highest BCUT2D eigenvalue weighted by Crippen LogP contribution is 2.25. The molecule has 0 aliphatic carbocycles. The standard InChI is InChI=1S/C22H20N2O3/c1-26-22(25)19-11-15(14-27-20-8-3-2-4-9-20)10-18(13-19)16-6-5-7-17(12-16)21(23)24/h2-13H,14H2,1H3,(H3,23,24). The third-order valence-corrected chi connectivity index (χ3v) is 4.07. The smallest absolute Gasteiger partial charge is 0.337 e. The second kappa shape index (κ2) is 8.19. The van der Waals surface area contributed by atoms with E-state index in [4.69, 9.17) is 20.6 Å². The Morgan fingerprint density at radius 2 is 1.67 bits per heavy atom. The number of carbonyl (C=O) groups excluding carboxylic acids is 1. The van der Waals surface area contributed by atoms with Crippen LogP contribution in [0.1, 0.15) is 21.5 Å². The fourth-order valence-corrected chi connectivity index (χ4v) is 2.73. The average molecular weight is 360 g/mol. The molecule has 3 aromatic carbocycles. The molecule has 0 heterocycles. The van der Waals surface area contributed by atoms with Crippen molar-refractivity contribution >= 4 is 11.8 Å². The summed E-state index contributed by atoms with van der Waals surface area (Å²) >= 11 is 0. The summed E-state index contributed by atoms with van der Waals surface area (Å²) in [5, 5.41) is 7.62. The van der Waals surface area contributed by atoms with Gasteiger partial charge in [-0.05, 0) is 53.1 Å². The van der Waals surface area contributed by atoms with Crippen LogP contribution in [0.4, 0.5) is 0 Å². The van der Waals surface area contributed by atoms with E-state index in [2.05, 4.69) is 0 Å². The summed E-state index contributed by atoms with van der Waals surface area (Å²) in [4.78, 5) is 12.1. The minimum atomic E-state index is -0.416. The molecule has 0 fully saturated rings. The summed E-state index contributed by atoms with van der Waals surface area (Å²) in [5.41, 5.74) is 9.17. The van der Waals surface area contributed by atoms with Gasteiger partial charge in [0, 0.05) is 5.56 Å². The Morgan fingerprint density at radius 1 is 0.926 bits per heavy atom. The van der Waals surface area contributed by atoms with Gasteiger partial charge in [-0.1, -0.05) is 36.4 Å². The number of benzene rings is 3. The number of hydrogen-bond donors (Lipinski definition) is 2. The van der Waals surface area contributed by atoms with Gasteiger partial charge in [-0.15, -0.1) is 0 Å². The van der Waals surface area contributed by atoms with E-state index < -0.39 is 5.97 Å². The highest BCUT2D eigenvalue weighted by molar-refractivity contribution is 5.96.